The summed E-state index contributed by atoms with van der Waals surface area (Å²) < 4.78 is 36.5. The summed E-state index contributed by atoms with van der Waals surface area (Å²) in [5.41, 5.74) is 0.289. The molecular formula is C8H8Cl2F3N3. The van der Waals surface area contributed by atoms with Crippen LogP contribution in [0.2, 0.25) is 5.15 Å². The molecule has 0 unspecified atom stereocenters. The van der Waals surface area contributed by atoms with Gasteiger partial charge in [-0.3, -0.25) is 0 Å². The molecular weight excluding hydrogens is 266 g/mol. The highest BCUT2D eigenvalue weighted by atomic mass is 35.5. The van der Waals surface area contributed by atoms with Crippen molar-refractivity contribution in [3.63, 3.8) is 0 Å². The van der Waals surface area contributed by atoms with Crippen molar-refractivity contribution in [1.29, 1.82) is 0 Å². The molecule has 0 N–H and O–H groups in total. The Morgan fingerprint density at radius 1 is 1.38 bits per heavy atom. The molecule has 0 aliphatic carbocycles. The second-order valence-electron chi connectivity index (χ2n) is 3.07. The molecule has 0 aliphatic heterocycles. The van der Waals surface area contributed by atoms with Gasteiger partial charge in [0, 0.05) is 12.6 Å². The normalized spacial score (nSPS) is 11.6. The molecule has 0 fully saturated rings. The lowest BCUT2D eigenvalue weighted by Crippen LogP contribution is -2.32. The molecule has 0 spiro atoms. The minimum Gasteiger partial charge on any atom is -0.350 e. The van der Waals surface area contributed by atoms with E-state index in [2.05, 4.69) is 9.97 Å². The van der Waals surface area contributed by atoms with Crippen LogP contribution in [0.15, 0.2) is 6.33 Å². The molecule has 0 saturated carbocycles. The molecule has 3 nitrogen and oxygen atoms in total. The molecule has 0 atom stereocenters. The zero-order chi connectivity index (χ0) is 12.3. The van der Waals surface area contributed by atoms with Gasteiger partial charge >= 0.3 is 6.18 Å². The van der Waals surface area contributed by atoms with Gasteiger partial charge in [-0.15, -0.1) is 11.6 Å². The van der Waals surface area contributed by atoms with Gasteiger partial charge in [-0.25, -0.2) is 9.97 Å². The van der Waals surface area contributed by atoms with E-state index < -0.39 is 12.7 Å². The largest absolute Gasteiger partial charge is 0.405 e. The van der Waals surface area contributed by atoms with Crippen LogP contribution in [-0.2, 0) is 5.88 Å². The van der Waals surface area contributed by atoms with E-state index in [-0.39, 0.29) is 22.4 Å². The fourth-order valence-electron chi connectivity index (χ4n) is 1.17. The van der Waals surface area contributed by atoms with E-state index in [0.717, 1.165) is 11.2 Å². The third kappa shape index (κ3) is 3.38. The molecule has 1 heterocycles. The first-order chi connectivity index (χ1) is 7.35. The highest BCUT2D eigenvalue weighted by molar-refractivity contribution is 6.31. The number of rotatable bonds is 3. The Labute approximate surface area is 100 Å². The van der Waals surface area contributed by atoms with Crippen molar-refractivity contribution in [3.8, 4) is 0 Å². The van der Waals surface area contributed by atoms with Crippen molar-refractivity contribution < 1.29 is 13.2 Å². The first-order valence-electron chi connectivity index (χ1n) is 4.18. The molecule has 1 aromatic heterocycles. The number of halogens is 5. The summed E-state index contributed by atoms with van der Waals surface area (Å²) in [5, 5.41) is 0.0639. The molecule has 90 valence electrons. The van der Waals surface area contributed by atoms with E-state index in [4.69, 9.17) is 23.2 Å². The number of aromatic nitrogens is 2. The van der Waals surface area contributed by atoms with E-state index in [1.807, 2.05) is 0 Å². The molecule has 0 saturated heterocycles. The Morgan fingerprint density at radius 2 is 2.00 bits per heavy atom. The van der Waals surface area contributed by atoms with E-state index >= 15 is 0 Å². The van der Waals surface area contributed by atoms with Crippen molar-refractivity contribution in [2.45, 2.75) is 12.1 Å². The van der Waals surface area contributed by atoms with Gasteiger partial charge < -0.3 is 4.90 Å². The van der Waals surface area contributed by atoms with Gasteiger partial charge in [0.1, 0.15) is 23.8 Å². The van der Waals surface area contributed by atoms with Gasteiger partial charge in [0.25, 0.3) is 0 Å². The second-order valence-corrected chi connectivity index (χ2v) is 3.70. The van der Waals surface area contributed by atoms with Gasteiger partial charge in [0.15, 0.2) is 0 Å². The molecule has 0 amide bonds. The lowest BCUT2D eigenvalue weighted by molar-refractivity contribution is -0.119. The molecule has 8 heteroatoms. The highest BCUT2D eigenvalue weighted by Crippen LogP contribution is 2.26. The standard InChI is InChI=1S/C8H8Cl2F3N3/c1-16(3-8(11,12)13)7-5(2-9)6(10)14-4-15-7/h4H,2-3H2,1H3. The highest BCUT2D eigenvalue weighted by Gasteiger charge is 2.30. The summed E-state index contributed by atoms with van der Waals surface area (Å²) in [5.74, 6) is 0.0457. The van der Waals surface area contributed by atoms with Gasteiger partial charge in [-0.2, -0.15) is 13.2 Å². The van der Waals surface area contributed by atoms with E-state index in [0.29, 0.717) is 0 Å². The van der Waals surface area contributed by atoms with Crippen LogP contribution in [0.5, 0.6) is 0 Å². The molecule has 0 bridgehead atoms. The minimum atomic E-state index is -4.31. The van der Waals surface area contributed by atoms with Gasteiger partial charge in [0.2, 0.25) is 0 Å². The van der Waals surface area contributed by atoms with Crippen LogP contribution in [0, 0.1) is 0 Å². The van der Waals surface area contributed by atoms with E-state index in [1.54, 1.807) is 0 Å². The summed E-state index contributed by atoms with van der Waals surface area (Å²) in [6, 6.07) is 0. The van der Waals surface area contributed by atoms with Crippen LogP contribution >= 0.6 is 23.2 Å². The zero-order valence-electron chi connectivity index (χ0n) is 8.22. The SMILES string of the molecule is CN(CC(F)(F)F)c1ncnc(Cl)c1CCl. The molecule has 1 rings (SSSR count). The Morgan fingerprint density at radius 3 is 2.50 bits per heavy atom. The smallest absolute Gasteiger partial charge is 0.350 e. The molecule has 0 radical (unpaired) electrons. The summed E-state index contributed by atoms with van der Waals surface area (Å²) in [6.45, 7) is -1.12. The second kappa shape index (κ2) is 5.05. The van der Waals surface area contributed by atoms with Crippen molar-refractivity contribution in [3.05, 3.63) is 17.0 Å². The topological polar surface area (TPSA) is 29.0 Å². The first kappa shape index (κ1) is 13.3. The minimum absolute atomic E-state index is 0.0444. The van der Waals surface area contributed by atoms with Crippen molar-refractivity contribution in [2.75, 3.05) is 18.5 Å². The maximum Gasteiger partial charge on any atom is 0.405 e. The number of hydrogen-bond donors (Lipinski definition) is 0. The predicted molar refractivity (Wildman–Crippen MR) is 55.9 cm³/mol. The summed E-state index contributed by atoms with van der Waals surface area (Å²) >= 11 is 11.3. The number of anilines is 1. The van der Waals surface area contributed by atoms with E-state index in [1.165, 1.54) is 7.05 Å². The van der Waals surface area contributed by atoms with Crippen LogP contribution in [0.3, 0.4) is 0 Å². The molecule has 16 heavy (non-hydrogen) atoms. The van der Waals surface area contributed by atoms with Crippen molar-refractivity contribution in [1.82, 2.24) is 9.97 Å². The predicted octanol–water partition coefficient (Wildman–Crippen LogP) is 2.87. The fraction of sp³-hybridized carbons (Fsp3) is 0.500. The van der Waals surface area contributed by atoms with Gasteiger partial charge in [-0.1, -0.05) is 11.6 Å². The average molecular weight is 274 g/mol. The van der Waals surface area contributed by atoms with Gasteiger partial charge in [-0.05, 0) is 0 Å². The van der Waals surface area contributed by atoms with Gasteiger partial charge in [0.05, 0.1) is 5.88 Å². The third-order valence-corrected chi connectivity index (χ3v) is 2.37. The maximum absolute atomic E-state index is 12.2. The maximum atomic E-state index is 12.2. The zero-order valence-corrected chi connectivity index (χ0v) is 9.73. The van der Waals surface area contributed by atoms with E-state index in [9.17, 15) is 13.2 Å². The Hall–Kier alpha value is -0.750. The lowest BCUT2D eigenvalue weighted by Gasteiger charge is -2.21. The summed E-state index contributed by atoms with van der Waals surface area (Å²) in [6.07, 6.45) is -3.21. The van der Waals surface area contributed by atoms with Crippen LogP contribution in [0.1, 0.15) is 5.56 Å². The quantitative estimate of drug-likeness (QED) is 0.627. The Bertz CT molecular complexity index is 370. The third-order valence-electron chi connectivity index (χ3n) is 1.78. The van der Waals surface area contributed by atoms with Crippen molar-refractivity contribution >= 4 is 29.0 Å². The Kier molecular flexibility index (Phi) is 4.21. The average Bonchev–Trinajstić information content (AvgIpc) is 2.14. The van der Waals surface area contributed by atoms with Crippen LogP contribution in [0.4, 0.5) is 19.0 Å². The fourth-order valence-corrected chi connectivity index (χ4v) is 1.68. The first-order valence-corrected chi connectivity index (χ1v) is 5.09. The lowest BCUT2D eigenvalue weighted by atomic mass is 10.3. The van der Waals surface area contributed by atoms with Crippen LogP contribution in [0.25, 0.3) is 0 Å². The molecule has 1 aromatic rings. The van der Waals surface area contributed by atoms with Crippen LogP contribution < -0.4 is 4.90 Å². The summed E-state index contributed by atoms with van der Waals surface area (Å²) in [4.78, 5) is 8.33. The Balaban J connectivity index is 2.99. The number of hydrogen-bond acceptors (Lipinski definition) is 3. The monoisotopic (exact) mass is 273 g/mol. The molecule has 0 aromatic carbocycles. The number of nitrogens with zero attached hydrogens (tertiary/aromatic N) is 3. The summed E-state index contributed by atoms with van der Waals surface area (Å²) in [7, 11) is 1.27. The van der Waals surface area contributed by atoms with Crippen LogP contribution in [-0.4, -0.2) is 29.7 Å². The van der Waals surface area contributed by atoms with Crippen molar-refractivity contribution in [2.24, 2.45) is 0 Å². The molecule has 0 aliphatic rings. The number of alkyl halides is 4.